The van der Waals surface area contributed by atoms with Gasteiger partial charge in [0.05, 0.1) is 0 Å². The highest BCUT2D eigenvalue weighted by molar-refractivity contribution is 7.98. The van der Waals surface area contributed by atoms with Crippen LogP contribution >= 0.6 is 11.8 Å². The summed E-state index contributed by atoms with van der Waals surface area (Å²) in [5, 5.41) is 2.75. The summed E-state index contributed by atoms with van der Waals surface area (Å²) in [4.78, 5) is 27.1. The maximum atomic E-state index is 12.5. The van der Waals surface area contributed by atoms with Gasteiger partial charge in [-0.15, -0.1) is 11.8 Å². The van der Waals surface area contributed by atoms with Gasteiger partial charge >= 0.3 is 0 Å². The number of hydrogen-bond acceptors (Lipinski definition) is 3. The zero-order chi connectivity index (χ0) is 14.2. The minimum absolute atomic E-state index is 0.0853. The number of anilines is 1. The van der Waals surface area contributed by atoms with E-state index in [1.807, 2.05) is 30.5 Å². The van der Waals surface area contributed by atoms with E-state index in [1.54, 1.807) is 37.4 Å². The molecule has 1 atom stereocenters. The molecule has 1 aromatic carbocycles. The Kier molecular flexibility index (Phi) is 3.58. The quantitative estimate of drug-likeness (QED) is 0.842. The Morgan fingerprint density at radius 1 is 1.32 bits per heavy atom. The number of amides is 2. The Balaban J connectivity index is 2.45. The predicted octanol–water partition coefficient (Wildman–Crippen LogP) is 2.04. The van der Waals surface area contributed by atoms with E-state index in [0.29, 0.717) is 0 Å². The number of carbonyl (C=O) groups excluding carboxylic acids is 2. The van der Waals surface area contributed by atoms with E-state index in [2.05, 4.69) is 5.32 Å². The molecular formula is C14H18N2O2S. The summed E-state index contributed by atoms with van der Waals surface area (Å²) in [6, 6.07) is 7.20. The van der Waals surface area contributed by atoms with Crippen LogP contribution in [0.3, 0.4) is 0 Å². The molecule has 2 rings (SSSR count). The summed E-state index contributed by atoms with van der Waals surface area (Å²) in [5.74, 6) is -0.211. The number of piperazine rings is 1. The first-order valence-corrected chi connectivity index (χ1v) is 7.39. The van der Waals surface area contributed by atoms with Crippen LogP contribution in [-0.2, 0) is 9.59 Å². The van der Waals surface area contributed by atoms with E-state index in [-0.39, 0.29) is 11.8 Å². The Labute approximate surface area is 117 Å². The van der Waals surface area contributed by atoms with Gasteiger partial charge in [-0.25, -0.2) is 0 Å². The number of hydrogen-bond donors (Lipinski definition) is 1. The molecule has 102 valence electrons. The van der Waals surface area contributed by atoms with E-state index in [1.165, 1.54) is 0 Å². The average molecular weight is 278 g/mol. The van der Waals surface area contributed by atoms with Crippen LogP contribution in [0.25, 0.3) is 0 Å². The molecule has 19 heavy (non-hydrogen) atoms. The predicted molar refractivity (Wildman–Crippen MR) is 77.4 cm³/mol. The highest BCUT2D eigenvalue weighted by Crippen LogP contribution is 2.28. The summed E-state index contributed by atoms with van der Waals surface area (Å²) >= 11 is 1.61. The van der Waals surface area contributed by atoms with Crippen molar-refractivity contribution in [2.45, 2.75) is 37.2 Å². The number of rotatable bonds is 2. The van der Waals surface area contributed by atoms with Gasteiger partial charge in [-0.1, -0.05) is 6.07 Å². The van der Waals surface area contributed by atoms with Gasteiger partial charge in [0.1, 0.15) is 11.6 Å². The first-order valence-electron chi connectivity index (χ1n) is 6.16. The molecule has 1 fully saturated rings. The molecule has 0 radical (unpaired) electrons. The lowest BCUT2D eigenvalue weighted by Gasteiger charge is -2.41. The van der Waals surface area contributed by atoms with Crippen molar-refractivity contribution in [1.82, 2.24) is 5.32 Å². The zero-order valence-corrected chi connectivity index (χ0v) is 12.4. The molecule has 0 aliphatic carbocycles. The first kappa shape index (κ1) is 13.9. The summed E-state index contributed by atoms with van der Waals surface area (Å²) < 4.78 is 0. The third kappa shape index (κ3) is 2.47. The molecular weight excluding hydrogens is 260 g/mol. The Morgan fingerprint density at radius 3 is 2.63 bits per heavy atom. The lowest BCUT2D eigenvalue weighted by molar-refractivity contribution is -0.136. The fraction of sp³-hybridized carbons (Fsp3) is 0.429. The highest BCUT2D eigenvalue weighted by atomic mass is 32.2. The Hall–Kier alpha value is -1.49. The minimum Gasteiger partial charge on any atom is -0.340 e. The third-order valence-corrected chi connectivity index (χ3v) is 4.01. The topological polar surface area (TPSA) is 49.4 Å². The third-order valence-electron chi connectivity index (χ3n) is 3.29. The second-order valence-electron chi connectivity index (χ2n) is 5.17. The number of carbonyl (C=O) groups is 2. The molecule has 0 saturated carbocycles. The van der Waals surface area contributed by atoms with E-state index in [4.69, 9.17) is 0 Å². The van der Waals surface area contributed by atoms with Crippen LogP contribution in [0.15, 0.2) is 29.2 Å². The highest BCUT2D eigenvalue weighted by Gasteiger charge is 2.44. The van der Waals surface area contributed by atoms with Crippen molar-refractivity contribution in [2.75, 3.05) is 11.2 Å². The van der Waals surface area contributed by atoms with Crippen molar-refractivity contribution in [1.29, 1.82) is 0 Å². The largest absolute Gasteiger partial charge is 0.340 e. The van der Waals surface area contributed by atoms with Gasteiger partial charge in [0, 0.05) is 10.6 Å². The van der Waals surface area contributed by atoms with Crippen molar-refractivity contribution in [3.05, 3.63) is 24.3 Å². The number of nitrogens with one attached hydrogen (secondary N) is 1. The summed E-state index contributed by atoms with van der Waals surface area (Å²) in [6.45, 7) is 5.20. The van der Waals surface area contributed by atoms with E-state index < -0.39 is 11.6 Å². The smallest absolute Gasteiger partial charge is 0.252 e. The van der Waals surface area contributed by atoms with Crippen LogP contribution in [0.4, 0.5) is 5.69 Å². The second kappa shape index (κ2) is 4.89. The summed E-state index contributed by atoms with van der Waals surface area (Å²) in [6.07, 6.45) is 1.98. The lowest BCUT2D eigenvalue weighted by atomic mass is 9.96. The van der Waals surface area contributed by atoms with Crippen LogP contribution in [-0.4, -0.2) is 29.7 Å². The van der Waals surface area contributed by atoms with Gasteiger partial charge in [-0.05, 0) is 45.2 Å². The van der Waals surface area contributed by atoms with Crippen LogP contribution in [0, 0.1) is 0 Å². The lowest BCUT2D eigenvalue weighted by Crippen LogP contribution is -2.67. The van der Waals surface area contributed by atoms with Gasteiger partial charge in [0.25, 0.3) is 5.91 Å². The Bertz CT molecular complexity index is 528. The molecule has 1 N–H and O–H groups in total. The maximum absolute atomic E-state index is 12.5. The van der Waals surface area contributed by atoms with Crippen LogP contribution in [0.2, 0.25) is 0 Å². The van der Waals surface area contributed by atoms with Crippen LogP contribution in [0.5, 0.6) is 0 Å². The molecule has 0 spiro atoms. The molecule has 2 amide bonds. The summed E-state index contributed by atoms with van der Waals surface area (Å²) in [7, 11) is 0. The molecule has 1 aromatic rings. The van der Waals surface area contributed by atoms with Crippen molar-refractivity contribution >= 4 is 29.3 Å². The fourth-order valence-corrected chi connectivity index (χ4v) is 2.61. The normalized spacial score (nSPS) is 22.3. The molecule has 5 heteroatoms. The molecule has 1 aliphatic heterocycles. The Morgan fingerprint density at radius 2 is 2.00 bits per heavy atom. The standard InChI is InChI=1S/C14H18N2O2S/c1-9-12(17)15-14(2,3)13(18)16(9)10-6-5-7-11(8-10)19-4/h5-9H,1-4H3,(H,15,17). The molecule has 1 aliphatic rings. The number of thioether (sulfide) groups is 1. The monoisotopic (exact) mass is 278 g/mol. The molecule has 1 unspecified atom stereocenters. The average Bonchev–Trinajstić information content (AvgIpc) is 2.37. The van der Waals surface area contributed by atoms with E-state index >= 15 is 0 Å². The first-order chi connectivity index (χ1) is 8.86. The van der Waals surface area contributed by atoms with E-state index in [0.717, 1.165) is 10.6 Å². The van der Waals surface area contributed by atoms with Gasteiger partial charge in [0.15, 0.2) is 0 Å². The van der Waals surface area contributed by atoms with Crippen molar-refractivity contribution < 1.29 is 9.59 Å². The number of benzene rings is 1. The van der Waals surface area contributed by atoms with Crippen molar-refractivity contribution in [2.24, 2.45) is 0 Å². The van der Waals surface area contributed by atoms with Crippen molar-refractivity contribution in [3.63, 3.8) is 0 Å². The van der Waals surface area contributed by atoms with Gasteiger partial charge in [-0.3, -0.25) is 14.5 Å². The van der Waals surface area contributed by atoms with Gasteiger partial charge < -0.3 is 5.32 Å². The summed E-state index contributed by atoms with van der Waals surface area (Å²) in [5.41, 5.74) is -0.0915. The van der Waals surface area contributed by atoms with Crippen molar-refractivity contribution in [3.8, 4) is 0 Å². The maximum Gasteiger partial charge on any atom is 0.252 e. The molecule has 1 heterocycles. The minimum atomic E-state index is -0.862. The van der Waals surface area contributed by atoms with E-state index in [9.17, 15) is 9.59 Å². The van der Waals surface area contributed by atoms with Crippen LogP contribution in [0.1, 0.15) is 20.8 Å². The van der Waals surface area contributed by atoms with Crippen LogP contribution < -0.4 is 10.2 Å². The second-order valence-corrected chi connectivity index (χ2v) is 6.05. The van der Waals surface area contributed by atoms with Gasteiger partial charge in [0.2, 0.25) is 5.91 Å². The SMILES string of the molecule is CSc1cccc(N2C(=O)C(C)(C)NC(=O)C2C)c1. The number of nitrogens with zero attached hydrogens (tertiary/aromatic N) is 1. The molecule has 0 aromatic heterocycles. The molecule has 1 saturated heterocycles. The van der Waals surface area contributed by atoms with Gasteiger partial charge in [-0.2, -0.15) is 0 Å². The molecule has 0 bridgehead atoms. The molecule has 4 nitrogen and oxygen atoms in total. The fourth-order valence-electron chi connectivity index (χ4n) is 2.16. The zero-order valence-electron chi connectivity index (χ0n) is 11.6.